The highest BCUT2D eigenvalue weighted by Gasteiger charge is 2.21. The van der Waals surface area contributed by atoms with Gasteiger partial charge in [0.05, 0.1) is 0 Å². The average Bonchev–Trinajstić information content (AvgIpc) is 2.93. The van der Waals surface area contributed by atoms with Crippen molar-refractivity contribution < 1.29 is 4.79 Å². The summed E-state index contributed by atoms with van der Waals surface area (Å²) >= 11 is 0. The molecule has 20 heavy (non-hydrogen) atoms. The number of nitrogens with one attached hydrogen (secondary N) is 2. The fourth-order valence-electron chi connectivity index (χ4n) is 3.00. The van der Waals surface area contributed by atoms with Crippen LogP contribution in [-0.2, 0) is 11.3 Å². The van der Waals surface area contributed by atoms with Gasteiger partial charge >= 0.3 is 0 Å². The molecule has 0 saturated carbocycles. The molecule has 1 aromatic carbocycles. The van der Waals surface area contributed by atoms with Gasteiger partial charge < -0.3 is 15.5 Å². The normalized spacial score (nSPS) is 20.6. The molecule has 1 aromatic rings. The van der Waals surface area contributed by atoms with Crippen LogP contribution in [0.3, 0.4) is 0 Å². The smallest absolute Gasteiger partial charge is 0.227 e. The minimum Gasteiger partial charge on any atom is -0.317 e. The van der Waals surface area contributed by atoms with Crippen molar-refractivity contribution in [2.75, 3.05) is 24.5 Å². The Balaban J connectivity index is 1.54. The van der Waals surface area contributed by atoms with Gasteiger partial charge in [0, 0.05) is 31.2 Å². The molecule has 0 unspecified atom stereocenters. The first kappa shape index (κ1) is 13.6. The van der Waals surface area contributed by atoms with E-state index in [2.05, 4.69) is 34.9 Å². The largest absolute Gasteiger partial charge is 0.317 e. The topological polar surface area (TPSA) is 44.4 Å². The second-order valence-corrected chi connectivity index (χ2v) is 5.72. The van der Waals surface area contributed by atoms with E-state index < -0.39 is 0 Å². The lowest BCUT2D eigenvalue weighted by atomic mass is 10.1. The van der Waals surface area contributed by atoms with E-state index in [1.165, 1.54) is 18.4 Å². The Kier molecular flexibility index (Phi) is 4.33. The van der Waals surface area contributed by atoms with Crippen molar-refractivity contribution in [1.82, 2.24) is 10.6 Å². The van der Waals surface area contributed by atoms with Crippen LogP contribution in [-0.4, -0.2) is 31.6 Å². The molecular weight excluding hydrogens is 250 g/mol. The van der Waals surface area contributed by atoms with Crippen LogP contribution in [0.25, 0.3) is 0 Å². The molecule has 2 aliphatic rings. The van der Waals surface area contributed by atoms with Gasteiger partial charge in [-0.25, -0.2) is 0 Å². The lowest BCUT2D eigenvalue weighted by molar-refractivity contribution is -0.117. The summed E-state index contributed by atoms with van der Waals surface area (Å²) in [6, 6.07) is 9.05. The van der Waals surface area contributed by atoms with E-state index in [-0.39, 0.29) is 5.91 Å². The van der Waals surface area contributed by atoms with Gasteiger partial charge in [-0.1, -0.05) is 12.1 Å². The van der Waals surface area contributed by atoms with E-state index in [0.717, 1.165) is 38.3 Å². The summed E-state index contributed by atoms with van der Waals surface area (Å²) < 4.78 is 0. The highest BCUT2D eigenvalue weighted by Crippen LogP contribution is 2.21. The lowest BCUT2D eigenvalue weighted by Crippen LogP contribution is -2.39. The number of carbonyl (C=O) groups is 1. The van der Waals surface area contributed by atoms with Crippen molar-refractivity contribution in [1.29, 1.82) is 0 Å². The van der Waals surface area contributed by atoms with E-state index in [9.17, 15) is 4.79 Å². The second-order valence-electron chi connectivity index (χ2n) is 5.72. The average molecular weight is 273 g/mol. The maximum absolute atomic E-state index is 11.7. The molecule has 2 N–H and O–H groups in total. The molecule has 4 nitrogen and oxygen atoms in total. The van der Waals surface area contributed by atoms with Crippen molar-refractivity contribution in [3.05, 3.63) is 29.8 Å². The summed E-state index contributed by atoms with van der Waals surface area (Å²) in [5.74, 6) is 0.255. The molecule has 0 aromatic heterocycles. The molecule has 3 rings (SSSR count). The van der Waals surface area contributed by atoms with Crippen LogP contribution in [0.2, 0.25) is 0 Å². The quantitative estimate of drug-likeness (QED) is 0.877. The lowest BCUT2D eigenvalue weighted by Gasteiger charge is -2.24. The maximum Gasteiger partial charge on any atom is 0.227 e. The molecule has 0 radical (unpaired) electrons. The van der Waals surface area contributed by atoms with Gasteiger partial charge in [-0.05, 0) is 50.0 Å². The number of anilines is 1. The van der Waals surface area contributed by atoms with Crippen molar-refractivity contribution in [2.45, 2.75) is 38.3 Å². The molecule has 2 aliphatic heterocycles. The monoisotopic (exact) mass is 273 g/mol. The fourth-order valence-corrected chi connectivity index (χ4v) is 3.00. The molecule has 0 bridgehead atoms. The zero-order valence-corrected chi connectivity index (χ0v) is 11.9. The SMILES string of the molecule is O=C1CCCN1c1ccc(CNC2CCNCC2)cc1. The zero-order chi connectivity index (χ0) is 13.8. The van der Waals surface area contributed by atoms with Crippen molar-refractivity contribution in [3.63, 3.8) is 0 Å². The number of carbonyl (C=O) groups excluding carboxylic acids is 1. The molecular formula is C16H23N3O. The van der Waals surface area contributed by atoms with Crippen LogP contribution in [0.1, 0.15) is 31.2 Å². The highest BCUT2D eigenvalue weighted by atomic mass is 16.2. The third-order valence-electron chi connectivity index (χ3n) is 4.26. The molecule has 2 heterocycles. The maximum atomic E-state index is 11.7. The third kappa shape index (κ3) is 3.19. The number of benzene rings is 1. The van der Waals surface area contributed by atoms with Crippen LogP contribution in [0, 0.1) is 0 Å². The Morgan fingerprint density at radius 2 is 1.95 bits per heavy atom. The van der Waals surface area contributed by atoms with Gasteiger partial charge in [0.2, 0.25) is 5.91 Å². The van der Waals surface area contributed by atoms with Gasteiger partial charge in [0.15, 0.2) is 0 Å². The number of nitrogens with zero attached hydrogens (tertiary/aromatic N) is 1. The van der Waals surface area contributed by atoms with Crippen molar-refractivity contribution >= 4 is 11.6 Å². The van der Waals surface area contributed by atoms with Crippen molar-refractivity contribution in [3.8, 4) is 0 Å². The summed E-state index contributed by atoms with van der Waals surface area (Å²) in [4.78, 5) is 13.6. The van der Waals surface area contributed by atoms with Crippen LogP contribution < -0.4 is 15.5 Å². The summed E-state index contributed by atoms with van der Waals surface area (Å²) in [5, 5.41) is 6.99. The van der Waals surface area contributed by atoms with E-state index in [4.69, 9.17) is 0 Å². The van der Waals surface area contributed by atoms with Gasteiger partial charge in [-0.3, -0.25) is 4.79 Å². The van der Waals surface area contributed by atoms with Gasteiger partial charge in [0.25, 0.3) is 0 Å². The summed E-state index contributed by atoms with van der Waals surface area (Å²) in [6.45, 7) is 4.02. The number of piperidine rings is 1. The first-order valence-electron chi connectivity index (χ1n) is 7.66. The van der Waals surface area contributed by atoms with E-state index >= 15 is 0 Å². The Hall–Kier alpha value is -1.39. The third-order valence-corrected chi connectivity index (χ3v) is 4.26. The number of rotatable bonds is 4. The van der Waals surface area contributed by atoms with E-state index in [1.807, 2.05) is 4.90 Å². The minimum absolute atomic E-state index is 0.255. The highest BCUT2D eigenvalue weighted by molar-refractivity contribution is 5.95. The van der Waals surface area contributed by atoms with Crippen molar-refractivity contribution in [2.24, 2.45) is 0 Å². The molecule has 2 saturated heterocycles. The molecule has 0 atom stereocenters. The molecule has 108 valence electrons. The Morgan fingerprint density at radius 1 is 1.20 bits per heavy atom. The number of hydrogen-bond acceptors (Lipinski definition) is 3. The zero-order valence-electron chi connectivity index (χ0n) is 11.9. The molecule has 2 fully saturated rings. The number of hydrogen-bond donors (Lipinski definition) is 2. The van der Waals surface area contributed by atoms with Crippen LogP contribution in [0.15, 0.2) is 24.3 Å². The number of amides is 1. The summed E-state index contributed by atoms with van der Waals surface area (Å²) in [5.41, 5.74) is 2.33. The second kappa shape index (κ2) is 6.37. The van der Waals surface area contributed by atoms with Crippen LogP contribution in [0.5, 0.6) is 0 Å². The Labute approximate surface area is 120 Å². The fraction of sp³-hybridized carbons (Fsp3) is 0.562. The molecule has 0 spiro atoms. The summed E-state index contributed by atoms with van der Waals surface area (Å²) in [6.07, 6.45) is 4.09. The molecule has 0 aliphatic carbocycles. The van der Waals surface area contributed by atoms with Crippen LogP contribution >= 0.6 is 0 Å². The first-order valence-corrected chi connectivity index (χ1v) is 7.66. The van der Waals surface area contributed by atoms with Gasteiger partial charge in [-0.2, -0.15) is 0 Å². The molecule has 1 amide bonds. The summed E-state index contributed by atoms with van der Waals surface area (Å²) in [7, 11) is 0. The first-order chi connectivity index (χ1) is 9.83. The predicted octanol–water partition coefficient (Wildman–Crippen LogP) is 1.65. The molecule has 4 heteroatoms. The van der Waals surface area contributed by atoms with E-state index in [0.29, 0.717) is 12.5 Å². The van der Waals surface area contributed by atoms with Gasteiger partial charge in [-0.15, -0.1) is 0 Å². The predicted molar refractivity (Wildman–Crippen MR) is 80.8 cm³/mol. The van der Waals surface area contributed by atoms with Crippen LogP contribution in [0.4, 0.5) is 5.69 Å². The Morgan fingerprint density at radius 3 is 2.60 bits per heavy atom. The van der Waals surface area contributed by atoms with Gasteiger partial charge in [0.1, 0.15) is 0 Å². The minimum atomic E-state index is 0.255. The van der Waals surface area contributed by atoms with E-state index in [1.54, 1.807) is 0 Å². The Bertz CT molecular complexity index is 451. The standard InChI is InChI=1S/C16H23N3O/c20-16-2-1-11-19(16)15-5-3-13(4-6-15)12-18-14-7-9-17-10-8-14/h3-6,14,17-18H,1-2,7-12H2.